The second-order valence-electron chi connectivity index (χ2n) is 4.37. The molecule has 3 rings (SSSR count). The molecule has 0 spiro atoms. The Bertz CT molecular complexity index is 425. The van der Waals surface area contributed by atoms with E-state index in [2.05, 4.69) is 11.0 Å². The molecular weight excluding hydrogens is 191 g/mol. The topological polar surface area (TPSA) is 27.0 Å². The maximum Gasteiger partial charge on any atom is 0.125 e. The molecule has 1 saturated heterocycles. The fraction of sp³-hybridized carbons (Fsp3) is 0.417. The Morgan fingerprint density at radius 1 is 1.33 bits per heavy atom. The van der Waals surface area contributed by atoms with Gasteiger partial charge in [0, 0.05) is 18.8 Å². The molecule has 0 amide bonds. The van der Waals surface area contributed by atoms with Crippen LogP contribution in [0.15, 0.2) is 24.3 Å². The first kappa shape index (κ1) is 8.72. The number of anilines is 1. The van der Waals surface area contributed by atoms with Gasteiger partial charge in [0.05, 0.1) is 12.0 Å². The van der Waals surface area contributed by atoms with Crippen molar-refractivity contribution in [1.82, 2.24) is 0 Å². The summed E-state index contributed by atoms with van der Waals surface area (Å²) in [7, 11) is 0. The monoisotopic (exact) mass is 202 g/mol. The summed E-state index contributed by atoms with van der Waals surface area (Å²) in [4.78, 5) is 2.17. The Kier molecular flexibility index (Phi) is 1.72. The first-order valence-electron chi connectivity index (χ1n) is 5.20. The minimum atomic E-state index is -0.190. The lowest BCUT2D eigenvalue weighted by Gasteiger charge is -2.20. The van der Waals surface area contributed by atoms with Crippen molar-refractivity contribution in [1.29, 1.82) is 5.26 Å². The van der Waals surface area contributed by atoms with Crippen LogP contribution in [0.1, 0.15) is 0 Å². The zero-order valence-corrected chi connectivity index (χ0v) is 8.23. The molecule has 0 radical (unpaired) electrons. The third kappa shape index (κ3) is 1.29. The summed E-state index contributed by atoms with van der Waals surface area (Å²) in [6, 6.07) is 9.00. The predicted molar refractivity (Wildman–Crippen MR) is 54.7 cm³/mol. The van der Waals surface area contributed by atoms with Gasteiger partial charge in [-0.05, 0) is 30.0 Å². The van der Waals surface area contributed by atoms with Gasteiger partial charge < -0.3 is 4.90 Å². The smallest absolute Gasteiger partial charge is 0.125 e. The van der Waals surface area contributed by atoms with Crippen molar-refractivity contribution < 1.29 is 4.39 Å². The largest absolute Gasteiger partial charge is 0.371 e. The van der Waals surface area contributed by atoms with Gasteiger partial charge in [0.25, 0.3) is 0 Å². The number of halogens is 1. The van der Waals surface area contributed by atoms with Crippen LogP contribution >= 0.6 is 0 Å². The van der Waals surface area contributed by atoms with Crippen LogP contribution in [0.3, 0.4) is 0 Å². The van der Waals surface area contributed by atoms with Gasteiger partial charge in [-0.3, -0.25) is 0 Å². The van der Waals surface area contributed by atoms with E-state index in [1.165, 1.54) is 6.07 Å². The fourth-order valence-corrected chi connectivity index (χ4v) is 2.60. The standard InChI is InChI=1S/C12H11FN2/c13-8-2-1-3-9(4-8)15-6-11-10(5-14)12(11)7-15/h1-4,10-12H,6-7H2. The van der Waals surface area contributed by atoms with E-state index in [0.717, 1.165) is 18.8 Å². The Morgan fingerprint density at radius 3 is 2.67 bits per heavy atom. The summed E-state index contributed by atoms with van der Waals surface area (Å²) in [5.41, 5.74) is 0.943. The fourth-order valence-electron chi connectivity index (χ4n) is 2.60. The van der Waals surface area contributed by atoms with E-state index in [1.807, 2.05) is 6.07 Å². The Hall–Kier alpha value is -1.56. The highest BCUT2D eigenvalue weighted by molar-refractivity contribution is 5.49. The third-order valence-corrected chi connectivity index (χ3v) is 3.52. The van der Waals surface area contributed by atoms with Crippen molar-refractivity contribution >= 4 is 5.69 Å². The number of hydrogen-bond donors (Lipinski definition) is 0. The van der Waals surface area contributed by atoms with Crippen molar-refractivity contribution in [2.45, 2.75) is 0 Å². The minimum absolute atomic E-state index is 0.190. The summed E-state index contributed by atoms with van der Waals surface area (Å²) in [5.74, 6) is 1.12. The zero-order valence-electron chi connectivity index (χ0n) is 8.23. The van der Waals surface area contributed by atoms with Crippen LogP contribution in [0.25, 0.3) is 0 Å². The molecule has 1 saturated carbocycles. The molecule has 1 heterocycles. The Balaban J connectivity index is 1.75. The van der Waals surface area contributed by atoms with Crippen molar-refractivity contribution in [2.75, 3.05) is 18.0 Å². The van der Waals surface area contributed by atoms with Gasteiger partial charge in [0.15, 0.2) is 0 Å². The van der Waals surface area contributed by atoms with Gasteiger partial charge in [-0.25, -0.2) is 4.39 Å². The lowest BCUT2D eigenvalue weighted by atomic mass is 10.2. The number of nitrogens with zero attached hydrogens (tertiary/aromatic N) is 2. The molecule has 1 aliphatic heterocycles. The maximum absolute atomic E-state index is 13.0. The van der Waals surface area contributed by atoms with Crippen LogP contribution in [-0.2, 0) is 0 Å². The lowest BCUT2D eigenvalue weighted by Crippen LogP contribution is -2.23. The van der Waals surface area contributed by atoms with Crippen LogP contribution in [0.2, 0.25) is 0 Å². The molecule has 15 heavy (non-hydrogen) atoms. The number of nitriles is 1. The number of piperidine rings is 1. The SMILES string of the molecule is N#CC1C2CN(c3cccc(F)c3)CC12. The highest BCUT2D eigenvalue weighted by Crippen LogP contribution is 2.51. The van der Waals surface area contributed by atoms with E-state index >= 15 is 0 Å². The van der Waals surface area contributed by atoms with Crippen LogP contribution < -0.4 is 4.90 Å². The molecule has 2 unspecified atom stereocenters. The van der Waals surface area contributed by atoms with E-state index in [0.29, 0.717) is 11.8 Å². The summed E-state index contributed by atoms with van der Waals surface area (Å²) in [6.45, 7) is 1.82. The van der Waals surface area contributed by atoms with Crippen molar-refractivity contribution in [2.24, 2.45) is 17.8 Å². The van der Waals surface area contributed by atoms with Crippen molar-refractivity contribution in [3.8, 4) is 6.07 Å². The molecule has 0 aromatic heterocycles. The van der Waals surface area contributed by atoms with Crippen LogP contribution in [0.5, 0.6) is 0 Å². The molecule has 0 bridgehead atoms. The molecule has 2 fully saturated rings. The Morgan fingerprint density at radius 2 is 2.07 bits per heavy atom. The maximum atomic E-state index is 13.0. The first-order valence-corrected chi connectivity index (χ1v) is 5.20. The van der Waals surface area contributed by atoms with Gasteiger partial charge >= 0.3 is 0 Å². The molecule has 1 aliphatic carbocycles. The minimum Gasteiger partial charge on any atom is -0.371 e. The normalized spacial score (nSPS) is 32.3. The molecule has 2 aliphatic rings. The number of hydrogen-bond acceptors (Lipinski definition) is 2. The van der Waals surface area contributed by atoms with E-state index < -0.39 is 0 Å². The molecule has 2 nitrogen and oxygen atoms in total. The molecule has 76 valence electrons. The average Bonchev–Trinajstić information content (AvgIpc) is 2.70. The highest BCUT2D eigenvalue weighted by Gasteiger charge is 2.56. The number of benzene rings is 1. The first-order chi connectivity index (χ1) is 7.29. The molecule has 2 atom stereocenters. The summed E-state index contributed by atoms with van der Waals surface area (Å²) in [6.07, 6.45) is 0. The summed E-state index contributed by atoms with van der Waals surface area (Å²) >= 11 is 0. The van der Waals surface area contributed by atoms with Crippen LogP contribution in [0, 0.1) is 34.9 Å². The summed E-state index contributed by atoms with van der Waals surface area (Å²) < 4.78 is 13.0. The Labute approximate surface area is 87.9 Å². The second kappa shape index (κ2) is 2.96. The van der Waals surface area contributed by atoms with Gasteiger partial charge in [-0.2, -0.15) is 5.26 Å². The van der Waals surface area contributed by atoms with E-state index in [1.54, 1.807) is 12.1 Å². The average molecular weight is 202 g/mol. The van der Waals surface area contributed by atoms with E-state index in [4.69, 9.17) is 5.26 Å². The van der Waals surface area contributed by atoms with Gasteiger partial charge in [-0.15, -0.1) is 0 Å². The van der Waals surface area contributed by atoms with E-state index in [9.17, 15) is 4.39 Å². The predicted octanol–water partition coefficient (Wildman–Crippen LogP) is 2.03. The quantitative estimate of drug-likeness (QED) is 0.696. The second-order valence-corrected chi connectivity index (χ2v) is 4.37. The van der Waals surface area contributed by atoms with Gasteiger partial charge in [0.1, 0.15) is 5.82 Å². The van der Waals surface area contributed by atoms with Gasteiger partial charge in [0.2, 0.25) is 0 Å². The zero-order chi connectivity index (χ0) is 10.4. The molecule has 0 N–H and O–H groups in total. The molecule has 3 heteroatoms. The molecular formula is C12H11FN2. The third-order valence-electron chi connectivity index (χ3n) is 3.52. The van der Waals surface area contributed by atoms with Crippen LogP contribution in [-0.4, -0.2) is 13.1 Å². The van der Waals surface area contributed by atoms with Crippen LogP contribution in [0.4, 0.5) is 10.1 Å². The van der Waals surface area contributed by atoms with Crippen molar-refractivity contribution in [3.63, 3.8) is 0 Å². The highest BCUT2D eigenvalue weighted by atomic mass is 19.1. The van der Waals surface area contributed by atoms with E-state index in [-0.39, 0.29) is 11.7 Å². The molecule has 1 aromatic rings. The summed E-state index contributed by atoms with van der Waals surface area (Å²) in [5, 5.41) is 8.78. The molecule has 1 aromatic carbocycles. The lowest BCUT2D eigenvalue weighted by molar-refractivity contribution is 0.626. The number of rotatable bonds is 1. The van der Waals surface area contributed by atoms with Gasteiger partial charge in [-0.1, -0.05) is 6.07 Å². The number of fused-ring (bicyclic) bond motifs is 1. The van der Waals surface area contributed by atoms with Crippen molar-refractivity contribution in [3.05, 3.63) is 30.1 Å².